The van der Waals surface area contributed by atoms with Crippen LogP contribution in [0, 0.1) is 5.82 Å². The third-order valence-electron chi connectivity index (χ3n) is 3.50. The van der Waals surface area contributed by atoms with E-state index in [1.54, 1.807) is 36.4 Å². The Morgan fingerprint density at radius 2 is 1.84 bits per heavy atom. The Morgan fingerprint density at radius 1 is 1.12 bits per heavy atom. The third-order valence-corrected chi connectivity index (χ3v) is 4.59. The highest BCUT2D eigenvalue weighted by Gasteiger charge is 2.22. The molecule has 0 fully saturated rings. The van der Waals surface area contributed by atoms with E-state index < -0.39 is 0 Å². The molecule has 5 nitrogen and oxygen atoms in total. The van der Waals surface area contributed by atoms with Crippen LogP contribution in [0.25, 0.3) is 0 Å². The number of carbonyl (C=O) groups is 2. The Hall–Kier alpha value is -2.80. The van der Waals surface area contributed by atoms with Crippen LogP contribution in [-0.4, -0.2) is 17.3 Å². The summed E-state index contributed by atoms with van der Waals surface area (Å²) in [5, 5.41) is 8.36. The number of hydrogen-bond donors (Lipinski definition) is 3. The summed E-state index contributed by atoms with van der Waals surface area (Å²) in [7, 11) is 0. The molecule has 2 aromatic rings. The topological polar surface area (TPSA) is 70.2 Å². The molecular weight excluding hydrogens is 341 g/mol. The highest BCUT2D eigenvalue weighted by molar-refractivity contribution is 7.99. The SMILES string of the molecule is O=C1NC(SCc2ccc(F)cc2)NC=C1NC(=O)c1ccccc1. The molecule has 0 saturated carbocycles. The molecule has 0 aliphatic carbocycles. The summed E-state index contributed by atoms with van der Waals surface area (Å²) in [6.07, 6.45) is 1.49. The molecule has 0 radical (unpaired) electrons. The average molecular weight is 357 g/mol. The largest absolute Gasteiger partial charge is 0.361 e. The third kappa shape index (κ3) is 4.60. The molecule has 25 heavy (non-hydrogen) atoms. The minimum Gasteiger partial charge on any atom is -0.361 e. The zero-order valence-corrected chi connectivity index (χ0v) is 14.0. The standard InChI is InChI=1S/C18H16FN3O2S/c19-14-8-6-12(7-9-14)11-25-18-20-10-15(17(24)22-18)21-16(23)13-4-2-1-3-5-13/h1-10,18,20H,11H2,(H,21,23)(H,22,24). The lowest BCUT2D eigenvalue weighted by molar-refractivity contribution is -0.118. The summed E-state index contributed by atoms with van der Waals surface area (Å²) in [5.74, 6) is -0.377. The maximum Gasteiger partial charge on any atom is 0.271 e. The van der Waals surface area contributed by atoms with Gasteiger partial charge >= 0.3 is 0 Å². The van der Waals surface area contributed by atoms with Gasteiger partial charge in [-0.2, -0.15) is 0 Å². The number of benzene rings is 2. The van der Waals surface area contributed by atoms with Gasteiger partial charge in [-0.05, 0) is 29.8 Å². The first-order chi connectivity index (χ1) is 12.1. The Kier molecular flexibility index (Phi) is 5.35. The molecule has 0 aromatic heterocycles. The lowest BCUT2D eigenvalue weighted by Crippen LogP contribution is -2.49. The predicted octanol–water partition coefficient (Wildman–Crippen LogP) is 2.33. The van der Waals surface area contributed by atoms with Gasteiger partial charge in [0.2, 0.25) is 0 Å². The summed E-state index contributed by atoms with van der Waals surface area (Å²) >= 11 is 1.45. The van der Waals surface area contributed by atoms with Crippen LogP contribution in [0.4, 0.5) is 4.39 Å². The molecule has 3 N–H and O–H groups in total. The van der Waals surface area contributed by atoms with Crippen molar-refractivity contribution in [3.63, 3.8) is 0 Å². The number of amides is 2. The first kappa shape index (κ1) is 17.0. The molecule has 2 aromatic carbocycles. The molecule has 1 aliphatic heterocycles. The summed E-state index contributed by atoms with van der Waals surface area (Å²) in [6.45, 7) is 0. The molecule has 0 saturated heterocycles. The van der Waals surface area contributed by atoms with Gasteiger partial charge in [0.05, 0.1) is 0 Å². The van der Waals surface area contributed by atoms with Crippen LogP contribution in [0.5, 0.6) is 0 Å². The summed E-state index contributed by atoms with van der Waals surface area (Å²) in [4.78, 5) is 24.2. The lowest BCUT2D eigenvalue weighted by atomic mass is 10.2. The Labute approximate surface area is 148 Å². The van der Waals surface area contributed by atoms with E-state index in [1.807, 2.05) is 6.07 Å². The molecule has 2 amide bonds. The summed E-state index contributed by atoms with van der Waals surface area (Å²) in [5.41, 5.74) is 1.26. The number of halogens is 1. The van der Waals surface area contributed by atoms with Crippen molar-refractivity contribution in [1.29, 1.82) is 0 Å². The molecular formula is C18H16FN3O2S. The van der Waals surface area contributed by atoms with Crippen LogP contribution >= 0.6 is 11.8 Å². The first-order valence-electron chi connectivity index (χ1n) is 7.61. The molecule has 1 aliphatic rings. The van der Waals surface area contributed by atoms with E-state index in [9.17, 15) is 14.0 Å². The fourth-order valence-electron chi connectivity index (χ4n) is 2.19. The Bertz CT molecular complexity index is 794. The van der Waals surface area contributed by atoms with Gasteiger partial charge < -0.3 is 16.0 Å². The van der Waals surface area contributed by atoms with E-state index in [0.29, 0.717) is 11.3 Å². The van der Waals surface area contributed by atoms with Crippen molar-refractivity contribution in [1.82, 2.24) is 16.0 Å². The fraction of sp³-hybridized carbons (Fsp3) is 0.111. The van der Waals surface area contributed by atoms with Crippen LogP contribution in [0.3, 0.4) is 0 Å². The van der Waals surface area contributed by atoms with Gasteiger partial charge in [-0.1, -0.05) is 30.3 Å². The molecule has 3 rings (SSSR count). The second kappa shape index (κ2) is 7.85. The van der Waals surface area contributed by atoms with E-state index in [4.69, 9.17) is 0 Å². The molecule has 1 heterocycles. The van der Waals surface area contributed by atoms with Crippen molar-refractivity contribution in [2.45, 2.75) is 11.3 Å². The Balaban J connectivity index is 1.54. The summed E-state index contributed by atoms with van der Waals surface area (Å²) in [6, 6.07) is 14.9. The Morgan fingerprint density at radius 3 is 2.52 bits per heavy atom. The van der Waals surface area contributed by atoms with Crippen molar-refractivity contribution in [2.75, 3.05) is 0 Å². The van der Waals surface area contributed by atoms with E-state index in [1.165, 1.54) is 30.1 Å². The van der Waals surface area contributed by atoms with Gasteiger partial charge in [0.15, 0.2) is 0 Å². The quantitative estimate of drug-likeness (QED) is 0.768. The maximum atomic E-state index is 12.9. The van der Waals surface area contributed by atoms with Gasteiger partial charge in [-0.3, -0.25) is 9.59 Å². The predicted molar refractivity (Wildman–Crippen MR) is 94.8 cm³/mol. The van der Waals surface area contributed by atoms with Crippen LogP contribution in [0.1, 0.15) is 15.9 Å². The van der Waals surface area contributed by atoms with Gasteiger partial charge in [0.25, 0.3) is 11.8 Å². The van der Waals surface area contributed by atoms with E-state index in [0.717, 1.165) is 5.56 Å². The fourth-order valence-corrected chi connectivity index (χ4v) is 3.10. The number of carbonyl (C=O) groups excluding carboxylic acids is 2. The molecule has 7 heteroatoms. The number of thioether (sulfide) groups is 1. The molecule has 128 valence electrons. The first-order valence-corrected chi connectivity index (χ1v) is 8.66. The zero-order valence-electron chi connectivity index (χ0n) is 13.2. The maximum absolute atomic E-state index is 12.9. The number of hydrogen-bond acceptors (Lipinski definition) is 4. The second-order valence-corrected chi connectivity index (χ2v) is 6.43. The van der Waals surface area contributed by atoms with Crippen molar-refractivity contribution in [3.05, 3.63) is 83.4 Å². The molecule has 1 atom stereocenters. The zero-order chi connectivity index (χ0) is 17.6. The van der Waals surface area contributed by atoms with E-state index >= 15 is 0 Å². The van der Waals surface area contributed by atoms with Crippen LogP contribution in [0.2, 0.25) is 0 Å². The minimum absolute atomic E-state index is 0.160. The molecule has 1 unspecified atom stereocenters. The van der Waals surface area contributed by atoms with E-state index in [-0.39, 0.29) is 28.8 Å². The van der Waals surface area contributed by atoms with Crippen molar-refractivity contribution in [2.24, 2.45) is 0 Å². The van der Waals surface area contributed by atoms with Crippen LogP contribution in [0.15, 0.2) is 66.5 Å². The van der Waals surface area contributed by atoms with Crippen LogP contribution in [-0.2, 0) is 10.5 Å². The smallest absolute Gasteiger partial charge is 0.271 e. The van der Waals surface area contributed by atoms with E-state index in [2.05, 4.69) is 16.0 Å². The van der Waals surface area contributed by atoms with Gasteiger partial charge in [0, 0.05) is 17.5 Å². The normalized spacial score (nSPS) is 16.4. The number of nitrogens with one attached hydrogen (secondary N) is 3. The molecule has 0 bridgehead atoms. The van der Waals surface area contributed by atoms with Gasteiger partial charge in [0.1, 0.15) is 17.0 Å². The van der Waals surface area contributed by atoms with Gasteiger partial charge in [-0.25, -0.2) is 4.39 Å². The second-order valence-electron chi connectivity index (χ2n) is 5.34. The molecule has 0 spiro atoms. The van der Waals surface area contributed by atoms with Crippen LogP contribution < -0.4 is 16.0 Å². The van der Waals surface area contributed by atoms with Crippen molar-refractivity contribution in [3.8, 4) is 0 Å². The monoisotopic (exact) mass is 357 g/mol. The highest BCUT2D eigenvalue weighted by Crippen LogP contribution is 2.17. The minimum atomic E-state index is -0.361. The summed E-state index contributed by atoms with van der Waals surface area (Å²) < 4.78 is 12.9. The van der Waals surface area contributed by atoms with Crippen molar-refractivity contribution >= 4 is 23.6 Å². The highest BCUT2D eigenvalue weighted by atomic mass is 32.2. The average Bonchev–Trinajstić information content (AvgIpc) is 2.64. The van der Waals surface area contributed by atoms with Gasteiger partial charge in [-0.15, -0.1) is 11.8 Å². The lowest BCUT2D eigenvalue weighted by Gasteiger charge is -2.24. The number of rotatable bonds is 5. The van der Waals surface area contributed by atoms with Crippen molar-refractivity contribution < 1.29 is 14.0 Å².